The number of hydrogen-bond acceptors (Lipinski definition) is 3. The predicted octanol–water partition coefficient (Wildman–Crippen LogP) is 1.19. The molecule has 1 heterocycles. The fourth-order valence-corrected chi connectivity index (χ4v) is 0.433. The van der Waals surface area contributed by atoms with Crippen molar-refractivity contribution in [3.8, 4) is 0 Å². The Hall–Kier alpha value is -0.860. The molecular formula is C5H8N2O. The van der Waals surface area contributed by atoms with E-state index < -0.39 is 0 Å². The van der Waals surface area contributed by atoms with E-state index >= 15 is 0 Å². The summed E-state index contributed by atoms with van der Waals surface area (Å²) in [7, 11) is 0. The van der Waals surface area contributed by atoms with Crippen LogP contribution in [0, 0.1) is 0 Å². The van der Waals surface area contributed by atoms with E-state index in [-0.39, 0.29) is 0 Å². The Balaban J connectivity index is 2.77. The summed E-state index contributed by atoms with van der Waals surface area (Å²) >= 11 is 0. The lowest BCUT2D eigenvalue weighted by atomic mass is 10.2. The summed E-state index contributed by atoms with van der Waals surface area (Å²) in [6, 6.07) is 0. The first-order valence-corrected chi connectivity index (χ1v) is 2.57. The summed E-state index contributed by atoms with van der Waals surface area (Å²) in [6.07, 6.45) is 1.34. The van der Waals surface area contributed by atoms with Gasteiger partial charge in [-0.3, -0.25) is 0 Å². The van der Waals surface area contributed by atoms with Crippen LogP contribution >= 0.6 is 0 Å². The molecule has 0 aliphatic rings. The maximum Gasteiger partial charge on any atom is 0.218 e. The highest BCUT2D eigenvalue weighted by Gasteiger charge is 2.01. The van der Waals surface area contributed by atoms with Crippen LogP contribution in [0.15, 0.2) is 10.8 Å². The van der Waals surface area contributed by atoms with Crippen LogP contribution in [0.5, 0.6) is 0 Å². The van der Waals surface area contributed by atoms with Crippen LogP contribution < -0.4 is 0 Å². The van der Waals surface area contributed by atoms with Gasteiger partial charge in [0.1, 0.15) is 0 Å². The van der Waals surface area contributed by atoms with E-state index in [9.17, 15) is 0 Å². The molecule has 0 aromatic carbocycles. The van der Waals surface area contributed by atoms with Gasteiger partial charge in [-0.1, -0.05) is 13.8 Å². The molecule has 1 aromatic rings. The Morgan fingerprint density at radius 3 is 2.62 bits per heavy atom. The van der Waals surface area contributed by atoms with E-state index in [1.165, 1.54) is 6.39 Å². The summed E-state index contributed by atoms with van der Waals surface area (Å²) < 4.78 is 4.87. The first-order chi connectivity index (χ1) is 3.80. The van der Waals surface area contributed by atoms with Gasteiger partial charge in [-0.25, -0.2) is 0 Å². The molecule has 0 fully saturated rings. The van der Waals surface area contributed by atoms with Gasteiger partial charge < -0.3 is 4.42 Å². The molecule has 0 bridgehead atoms. The summed E-state index contributed by atoms with van der Waals surface area (Å²) in [5.74, 6) is 1.04. The maximum atomic E-state index is 4.87. The first-order valence-electron chi connectivity index (χ1n) is 2.57. The van der Waals surface area contributed by atoms with Gasteiger partial charge in [0.25, 0.3) is 0 Å². The molecular weight excluding hydrogens is 104 g/mol. The van der Waals surface area contributed by atoms with Crippen molar-refractivity contribution in [1.29, 1.82) is 0 Å². The highest BCUT2D eigenvalue weighted by Crippen LogP contribution is 2.07. The normalized spacial score (nSPS) is 10.4. The SMILES string of the molecule is CC(C)c1nnco1. The number of rotatable bonds is 1. The molecule has 0 spiro atoms. The molecule has 0 aliphatic carbocycles. The summed E-state index contributed by atoms with van der Waals surface area (Å²) in [6.45, 7) is 4.01. The van der Waals surface area contributed by atoms with Crippen LogP contribution in [0.3, 0.4) is 0 Å². The van der Waals surface area contributed by atoms with E-state index in [4.69, 9.17) is 4.42 Å². The molecule has 1 aromatic heterocycles. The van der Waals surface area contributed by atoms with E-state index in [2.05, 4.69) is 10.2 Å². The Labute approximate surface area is 47.7 Å². The summed E-state index contributed by atoms with van der Waals surface area (Å²) in [4.78, 5) is 0. The molecule has 0 amide bonds. The molecule has 0 unspecified atom stereocenters. The van der Waals surface area contributed by atoms with E-state index in [0.29, 0.717) is 11.8 Å². The van der Waals surface area contributed by atoms with Crippen molar-refractivity contribution in [3.05, 3.63) is 12.3 Å². The minimum Gasteiger partial charge on any atom is -0.428 e. The lowest BCUT2D eigenvalue weighted by Crippen LogP contribution is -1.85. The molecule has 0 saturated heterocycles. The van der Waals surface area contributed by atoms with Gasteiger partial charge in [-0.05, 0) is 0 Å². The van der Waals surface area contributed by atoms with Gasteiger partial charge in [0.2, 0.25) is 12.3 Å². The van der Waals surface area contributed by atoms with Crippen molar-refractivity contribution in [1.82, 2.24) is 10.2 Å². The predicted molar refractivity (Wildman–Crippen MR) is 28.4 cm³/mol. The average Bonchev–Trinajstić information content (AvgIpc) is 2.12. The van der Waals surface area contributed by atoms with Gasteiger partial charge in [-0.15, -0.1) is 10.2 Å². The second-order valence-corrected chi connectivity index (χ2v) is 1.93. The standard InChI is InChI=1S/C5H8N2O/c1-4(2)5-7-6-3-8-5/h3-4H,1-2H3. The first kappa shape index (κ1) is 5.28. The quantitative estimate of drug-likeness (QED) is 0.547. The van der Waals surface area contributed by atoms with Crippen LogP contribution in [-0.2, 0) is 0 Å². The molecule has 0 saturated carbocycles. The molecule has 0 radical (unpaired) electrons. The molecule has 44 valence electrons. The lowest BCUT2D eigenvalue weighted by Gasteiger charge is -1.91. The molecule has 3 nitrogen and oxygen atoms in total. The molecule has 0 N–H and O–H groups in total. The van der Waals surface area contributed by atoms with E-state index in [0.717, 1.165) is 0 Å². The third-order valence-electron chi connectivity index (χ3n) is 0.871. The second kappa shape index (κ2) is 1.94. The van der Waals surface area contributed by atoms with Crippen LogP contribution in [0.1, 0.15) is 25.7 Å². The fourth-order valence-electron chi connectivity index (χ4n) is 0.433. The van der Waals surface area contributed by atoms with Gasteiger partial charge in [0, 0.05) is 5.92 Å². The zero-order chi connectivity index (χ0) is 5.98. The zero-order valence-electron chi connectivity index (χ0n) is 4.96. The van der Waals surface area contributed by atoms with Gasteiger partial charge in [0.15, 0.2) is 0 Å². The molecule has 8 heavy (non-hydrogen) atoms. The van der Waals surface area contributed by atoms with E-state index in [1.807, 2.05) is 13.8 Å². The van der Waals surface area contributed by atoms with Gasteiger partial charge in [0.05, 0.1) is 0 Å². The van der Waals surface area contributed by atoms with Crippen molar-refractivity contribution in [2.75, 3.05) is 0 Å². The smallest absolute Gasteiger partial charge is 0.218 e. The highest BCUT2D eigenvalue weighted by molar-refractivity contribution is 4.80. The van der Waals surface area contributed by atoms with Crippen LogP contribution in [-0.4, -0.2) is 10.2 Å². The number of nitrogens with zero attached hydrogens (tertiary/aromatic N) is 2. The van der Waals surface area contributed by atoms with Crippen molar-refractivity contribution in [2.45, 2.75) is 19.8 Å². The fraction of sp³-hybridized carbons (Fsp3) is 0.600. The number of hydrogen-bond donors (Lipinski definition) is 0. The van der Waals surface area contributed by atoms with E-state index in [1.54, 1.807) is 0 Å². The van der Waals surface area contributed by atoms with Gasteiger partial charge in [-0.2, -0.15) is 0 Å². The molecule has 1 rings (SSSR count). The molecule has 0 aliphatic heterocycles. The van der Waals surface area contributed by atoms with Crippen LogP contribution in [0.2, 0.25) is 0 Å². The number of aromatic nitrogens is 2. The Kier molecular flexibility index (Phi) is 1.28. The lowest BCUT2D eigenvalue weighted by molar-refractivity contribution is 0.470. The molecule has 3 heteroatoms. The van der Waals surface area contributed by atoms with Crippen LogP contribution in [0.4, 0.5) is 0 Å². The van der Waals surface area contributed by atoms with Crippen molar-refractivity contribution >= 4 is 0 Å². The summed E-state index contributed by atoms with van der Waals surface area (Å²) in [5, 5.41) is 7.23. The minimum absolute atomic E-state index is 0.345. The topological polar surface area (TPSA) is 38.9 Å². The maximum absolute atomic E-state index is 4.87. The Morgan fingerprint density at radius 2 is 2.38 bits per heavy atom. The van der Waals surface area contributed by atoms with Gasteiger partial charge >= 0.3 is 0 Å². The van der Waals surface area contributed by atoms with Crippen molar-refractivity contribution < 1.29 is 4.42 Å². The second-order valence-electron chi connectivity index (χ2n) is 1.93. The third kappa shape index (κ3) is 0.857. The largest absolute Gasteiger partial charge is 0.428 e. The Morgan fingerprint density at radius 1 is 1.62 bits per heavy atom. The average molecular weight is 112 g/mol. The van der Waals surface area contributed by atoms with Crippen molar-refractivity contribution in [3.63, 3.8) is 0 Å². The zero-order valence-corrected chi connectivity index (χ0v) is 4.96. The summed E-state index contributed by atoms with van der Waals surface area (Å²) in [5.41, 5.74) is 0. The van der Waals surface area contributed by atoms with Crippen molar-refractivity contribution in [2.24, 2.45) is 0 Å². The monoisotopic (exact) mass is 112 g/mol. The van der Waals surface area contributed by atoms with Crippen LogP contribution in [0.25, 0.3) is 0 Å². The molecule has 0 atom stereocenters. The highest BCUT2D eigenvalue weighted by atomic mass is 16.4. The Bertz CT molecular complexity index is 145. The minimum atomic E-state index is 0.345. The third-order valence-corrected chi connectivity index (χ3v) is 0.871.